The van der Waals surface area contributed by atoms with E-state index in [-0.39, 0.29) is 0 Å². The van der Waals surface area contributed by atoms with Gasteiger partial charge in [-0.05, 0) is 86.8 Å². The van der Waals surface area contributed by atoms with Crippen LogP contribution in [0.15, 0.2) is 70.7 Å². The Labute approximate surface area is 501 Å². The minimum absolute atomic E-state index is 0.974. The summed E-state index contributed by atoms with van der Waals surface area (Å²) < 4.78 is 0. The second-order valence-corrected chi connectivity index (χ2v) is 25.2. The van der Waals surface area contributed by atoms with Crippen LogP contribution in [0.2, 0.25) is 0 Å². The third kappa shape index (κ3) is 47.7. The van der Waals surface area contributed by atoms with Gasteiger partial charge in [0.05, 0.1) is 22.8 Å². The van der Waals surface area contributed by atoms with Crippen molar-refractivity contribution in [2.75, 3.05) is 0 Å². The normalized spacial score (nSPS) is 12.3. The summed E-state index contributed by atoms with van der Waals surface area (Å²) in [5.41, 5.74) is 6.99. The van der Waals surface area contributed by atoms with E-state index in [0.717, 1.165) is 49.9 Å². The van der Waals surface area contributed by atoms with E-state index in [2.05, 4.69) is 101 Å². The molecule has 2 rings (SSSR count). The van der Waals surface area contributed by atoms with Crippen LogP contribution in [0.3, 0.4) is 0 Å². The number of benzene rings is 2. The predicted octanol–water partition coefficient (Wildman–Crippen LogP) is 28.5. The fourth-order valence-electron chi connectivity index (χ4n) is 11.8. The molecule has 0 bridgehead atoms. The molecule has 0 saturated heterocycles. The molecule has 2 aromatic rings. The first-order valence-corrected chi connectivity index (χ1v) is 36.4. The van der Waals surface area contributed by atoms with E-state index in [0.29, 0.717) is 0 Å². The maximum atomic E-state index is 5.41. The molecule has 2 nitrogen and oxygen atoms in total. The van der Waals surface area contributed by atoms with Crippen LogP contribution >= 0.6 is 0 Å². The van der Waals surface area contributed by atoms with E-state index in [1.165, 1.54) is 344 Å². The molecule has 2 aromatic carbocycles. The highest BCUT2D eigenvalue weighted by Crippen LogP contribution is 2.24. The van der Waals surface area contributed by atoms with Gasteiger partial charge in [-0.1, -0.05) is 384 Å². The lowest BCUT2D eigenvalue weighted by Crippen LogP contribution is -2.14. The van der Waals surface area contributed by atoms with Crippen molar-refractivity contribution in [1.29, 1.82) is 0 Å². The molecule has 0 aliphatic heterocycles. The Hall–Kier alpha value is -2.74. The number of hydrogen-bond acceptors (Lipinski definition) is 2. The summed E-state index contributed by atoms with van der Waals surface area (Å²) in [7, 11) is 0. The van der Waals surface area contributed by atoms with Gasteiger partial charge in [-0.25, -0.2) is 0 Å². The molecule has 0 saturated carbocycles. The number of nitrogens with zero attached hydrogens (tertiary/aromatic N) is 2. The zero-order chi connectivity index (χ0) is 57.0. The fraction of sp³-hybridized carbons (Fsp3) is 0.769. The summed E-state index contributed by atoms with van der Waals surface area (Å²) in [6.45, 7) is 9.22. The Morgan fingerprint density at radius 1 is 0.263 bits per heavy atom. The van der Waals surface area contributed by atoms with E-state index in [1.54, 1.807) is 0 Å². The molecule has 0 aromatic heterocycles. The molecule has 0 unspecified atom stereocenters. The fourth-order valence-corrected chi connectivity index (χ4v) is 11.8. The lowest BCUT2D eigenvalue weighted by Gasteiger charge is -2.12. The number of aliphatic imine (C=N–C) groups is 2. The molecule has 0 amide bonds. The molecule has 0 atom stereocenters. The van der Waals surface area contributed by atoms with Crippen molar-refractivity contribution >= 4 is 35.0 Å². The molecular weight excluding hydrogens is 965 g/mol. The summed E-state index contributed by atoms with van der Waals surface area (Å²) in [5, 5.41) is 0. The van der Waals surface area contributed by atoms with Gasteiger partial charge in [0, 0.05) is 0 Å². The molecule has 80 heavy (non-hydrogen) atoms. The lowest BCUT2D eigenvalue weighted by molar-refractivity contribution is 0.518. The van der Waals surface area contributed by atoms with Gasteiger partial charge in [-0.2, -0.15) is 0 Å². The zero-order valence-electron chi connectivity index (χ0n) is 54.4. The van der Waals surface area contributed by atoms with Crippen molar-refractivity contribution in [3.8, 4) is 0 Å². The first kappa shape index (κ1) is 73.4. The predicted molar refractivity (Wildman–Crippen MR) is 366 cm³/mol. The van der Waals surface area contributed by atoms with Gasteiger partial charge in [0.1, 0.15) is 0 Å². The Kier molecular flexibility index (Phi) is 54.5. The Balaban J connectivity index is 1.65. The molecular formula is C78H136N2. The molecule has 0 radical (unpaired) electrons. The third-order valence-electron chi connectivity index (χ3n) is 17.2. The van der Waals surface area contributed by atoms with Crippen LogP contribution in [0.5, 0.6) is 0 Å². The van der Waals surface area contributed by atoms with E-state index >= 15 is 0 Å². The van der Waals surface area contributed by atoms with E-state index < -0.39 is 0 Å². The third-order valence-corrected chi connectivity index (χ3v) is 17.2. The highest BCUT2D eigenvalue weighted by Gasteiger charge is 2.12. The molecule has 458 valence electrons. The van der Waals surface area contributed by atoms with Gasteiger partial charge in [0.2, 0.25) is 0 Å². The Morgan fingerprint density at radius 2 is 0.487 bits per heavy atom. The van der Waals surface area contributed by atoms with Crippen molar-refractivity contribution in [2.45, 2.75) is 387 Å². The van der Waals surface area contributed by atoms with Crippen LogP contribution in [0.1, 0.15) is 398 Å². The smallest absolute Gasteiger partial charge is 0.0639 e. The van der Waals surface area contributed by atoms with Gasteiger partial charge in [0.15, 0.2) is 0 Å². The Bertz CT molecular complexity index is 1710. The zero-order valence-corrected chi connectivity index (χ0v) is 54.4. The lowest BCUT2D eigenvalue weighted by atomic mass is 10.0. The van der Waals surface area contributed by atoms with Crippen molar-refractivity contribution in [2.24, 2.45) is 9.98 Å². The van der Waals surface area contributed by atoms with Crippen LogP contribution in [-0.4, -0.2) is 11.4 Å². The van der Waals surface area contributed by atoms with E-state index in [9.17, 15) is 0 Å². The SMILES string of the molecule is CCCCCCCCCCCCCCCCCCCCCCCCCC=Cc1cccc(N=C(CCCC)C(CCCCCC)=Nc2cccc(C=CCCCCCCCCCCCCCCCCCCCCCCCCC)c2)c1. The number of rotatable bonds is 61. The minimum Gasteiger partial charge on any atom is -0.252 e. The van der Waals surface area contributed by atoms with Gasteiger partial charge in [-0.3, -0.25) is 9.98 Å². The van der Waals surface area contributed by atoms with E-state index in [1.807, 2.05) is 0 Å². The van der Waals surface area contributed by atoms with Gasteiger partial charge in [0.25, 0.3) is 0 Å². The number of allylic oxidation sites excluding steroid dienone is 2. The topological polar surface area (TPSA) is 24.7 Å². The quantitative estimate of drug-likeness (QED) is 0.0466. The maximum Gasteiger partial charge on any atom is 0.0639 e. The monoisotopic (exact) mass is 1100 g/mol. The van der Waals surface area contributed by atoms with Crippen LogP contribution < -0.4 is 0 Å². The summed E-state index contributed by atoms with van der Waals surface area (Å²) in [6.07, 6.45) is 87.2. The minimum atomic E-state index is 0.974. The molecule has 0 heterocycles. The highest BCUT2D eigenvalue weighted by atomic mass is 14.8. The second-order valence-electron chi connectivity index (χ2n) is 25.2. The molecule has 0 fully saturated rings. The number of unbranched alkanes of at least 4 members (excludes halogenated alkanes) is 50. The summed E-state index contributed by atoms with van der Waals surface area (Å²) in [5.74, 6) is 0. The molecule has 0 spiro atoms. The van der Waals surface area contributed by atoms with Crippen molar-refractivity contribution < 1.29 is 0 Å². The first-order valence-electron chi connectivity index (χ1n) is 36.4. The summed E-state index contributed by atoms with van der Waals surface area (Å²) >= 11 is 0. The summed E-state index contributed by atoms with van der Waals surface area (Å²) in [6, 6.07) is 17.8. The van der Waals surface area contributed by atoms with Gasteiger partial charge in [-0.15, -0.1) is 0 Å². The first-order chi connectivity index (χ1) is 39.7. The average molecular weight is 1100 g/mol. The van der Waals surface area contributed by atoms with E-state index in [4.69, 9.17) is 9.98 Å². The van der Waals surface area contributed by atoms with Crippen molar-refractivity contribution in [3.05, 3.63) is 71.8 Å². The number of hydrogen-bond donors (Lipinski definition) is 0. The van der Waals surface area contributed by atoms with Crippen LogP contribution in [0.25, 0.3) is 12.2 Å². The van der Waals surface area contributed by atoms with Crippen LogP contribution in [0, 0.1) is 0 Å². The largest absolute Gasteiger partial charge is 0.252 e. The Morgan fingerprint density at radius 3 is 0.750 bits per heavy atom. The second kappa shape index (κ2) is 59.4. The van der Waals surface area contributed by atoms with Gasteiger partial charge < -0.3 is 0 Å². The van der Waals surface area contributed by atoms with Crippen molar-refractivity contribution in [1.82, 2.24) is 0 Å². The molecule has 2 heteroatoms. The molecule has 0 N–H and O–H groups in total. The van der Waals surface area contributed by atoms with Gasteiger partial charge >= 0.3 is 0 Å². The van der Waals surface area contributed by atoms with Crippen LogP contribution in [-0.2, 0) is 0 Å². The summed E-state index contributed by atoms with van der Waals surface area (Å²) in [4.78, 5) is 10.8. The average Bonchev–Trinajstić information content (AvgIpc) is 3.47. The van der Waals surface area contributed by atoms with Crippen LogP contribution in [0.4, 0.5) is 11.4 Å². The molecule has 0 aliphatic carbocycles. The molecule has 0 aliphatic rings. The highest BCUT2D eigenvalue weighted by molar-refractivity contribution is 6.43. The standard InChI is InChI=1S/C78H136N2/c1-5-9-13-16-18-20-22-24-26-28-30-32-34-36-38-40-42-44-46-48-50-52-54-56-58-63-73-65-61-67-75(71-73)79-77(69-12-8-4)78(70-60-15-11-7-3)80-76-68-62-66-74(72-76)64-59-57-55-53-51-49-47-45-43-41-39-37-35-33-31-29-27-25-23-21-19-17-14-10-6-2/h58-59,61-68,71-72H,5-57,60,69-70H2,1-4H3. The van der Waals surface area contributed by atoms with Crippen molar-refractivity contribution in [3.63, 3.8) is 0 Å². The maximum absolute atomic E-state index is 5.41.